The fourth-order valence-corrected chi connectivity index (χ4v) is 2.39. The summed E-state index contributed by atoms with van der Waals surface area (Å²) in [7, 11) is 0. The fraction of sp³-hybridized carbons (Fsp3) is 0.857. The Morgan fingerprint density at radius 1 is 1.28 bits per heavy atom. The van der Waals surface area contributed by atoms with Crippen molar-refractivity contribution >= 4 is 11.9 Å². The Bertz CT molecular complexity index is 312. The van der Waals surface area contributed by atoms with Crippen LogP contribution in [-0.2, 0) is 9.59 Å². The van der Waals surface area contributed by atoms with Crippen molar-refractivity contribution in [3.05, 3.63) is 0 Å². The Balaban J connectivity index is 2.54. The maximum absolute atomic E-state index is 12.1. The van der Waals surface area contributed by atoms with Gasteiger partial charge in [0.1, 0.15) is 0 Å². The molecule has 0 bridgehead atoms. The molecule has 1 aliphatic heterocycles. The quantitative estimate of drug-likeness (QED) is 0.839. The predicted molar refractivity (Wildman–Crippen MR) is 70.2 cm³/mol. The standard InChI is InChI=1S/C14H25NO3/c1-4-11-6-5-8-15(9-7-11)12(16)10-14(2,3)13(17)18/h11H,4-10H2,1-3H3,(H,17,18). The lowest BCUT2D eigenvalue weighted by molar-refractivity contribution is -0.151. The molecule has 1 atom stereocenters. The second-order valence-corrected chi connectivity index (χ2v) is 5.95. The number of carbonyl (C=O) groups is 2. The van der Waals surface area contributed by atoms with E-state index < -0.39 is 11.4 Å². The highest BCUT2D eigenvalue weighted by molar-refractivity contribution is 5.84. The normalized spacial score (nSPS) is 21.5. The van der Waals surface area contributed by atoms with E-state index >= 15 is 0 Å². The molecule has 1 amide bonds. The molecule has 1 aliphatic rings. The molecule has 1 rings (SSSR count). The second kappa shape index (κ2) is 6.21. The summed E-state index contributed by atoms with van der Waals surface area (Å²) >= 11 is 0. The minimum Gasteiger partial charge on any atom is -0.481 e. The summed E-state index contributed by atoms with van der Waals surface area (Å²) in [5.74, 6) is -0.202. The maximum atomic E-state index is 12.1. The van der Waals surface area contributed by atoms with Crippen molar-refractivity contribution in [1.82, 2.24) is 4.90 Å². The van der Waals surface area contributed by atoms with Gasteiger partial charge in [-0.05, 0) is 39.0 Å². The van der Waals surface area contributed by atoms with Gasteiger partial charge in [-0.1, -0.05) is 13.3 Å². The Morgan fingerprint density at radius 3 is 2.50 bits per heavy atom. The number of carboxylic acid groups (broad SMARTS) is 1. The molecular weight excluding hydrogens is 230 g/mol. The van der Waals surface area contributed by atoms with Crippen LogP contribution in [0.1, 0.15) is 52.9 Å². The van der Waals surface area contributed by atoms with E-state index in [1.807, 2.05) is 4.90 Å². The summed E-state index contributed by atoms with van der Waals surface area (Å²) in [4.78, 5) is 25.0. The number of carbonyl (C=O) groups excluding carboxylic acids is 1. The first-order valence-electron chi connectivity index (χ1n) is 6.88. The number of carboxylic acids is 1. The summed E-state index contributed by atoms with van der Waals surface area (Å²) in [6.45, 7) is 6.98. The van der Waals surface area contributed by atoms with Crippen LogP contribution in [0.2, 0.25) is 0 Å². The Hall–Kier alpha value is -1.06. The highest BCUT2D eigenvalue weighted by atomic mass is 16.4. The number of aliphatic carboxylic acids is 1. The zero-order valence-corrected chi connectivity index (χ0v) is 11.7. The van der Waals surface area contributed by atoms with Crippen LogP contribution in [0.3, 0.4) is 0 Å². The number of likely N-dealkylation sites (tertiary alicyclic amines) is 1. The molecule has 18 heavy (non-hydrogen) atoms. The topological polar surface area (TPSA) is 57.6 Å². The molecule has 0 aromatic rings. The summed E-state index contributed by atoms with van der Waals surface area (Å²) in [6, 6.07) is 0. The van der Waals surface area contributed by atoms with Crippen molar-refractivity contribution in [1.29, 1.82) is 0 Å². The van der Waals surface area contributed by atoms with Crippen LogP contribution in [0.5, 0.6) is 0 Å². The van der Waals surface area contributed by atoms with Crippen molar-refractivity contribution in [3.8, 4) is 0 Å². The molecule has 1 unspecified atom stereocenters. The largest absolute Gasteiger partial charge is 0.481 e. The molecule has 104 valence electrons. The summed E-state index contributed by atoms with van der Waals surface area (Å²) < 4.78 is 0. The fourth-order valence-electron chi connectivity index (χ4n) is 2.39. The predicted octanol–water partition coefficient (Wildman–Crippen LogP) is 2.53. The second-order valence-electron chi connectivity index (χ2n) is 5.95. The van der Waals surface area contributed by atoms with Crippen LogP contribution >= 0.6 is 0 Å². The van der Waals surface area contributed by atoms with E-state index in [1.54, 1.807) is 13.8 Å². The minimum absolute atomic E-state index is 0.0147. The zero-order valence-electron chi connectivity index (χ0n) is 11.7. The van der Waals surface area contributed by atoms with Gasteiger partial charge in [-0.25, -0.2) is 0 Å². The van der Waals surface area contributed by atoms with Crippen LogP contribution in [0.25, 0.3) is 0 Å². The van der Waals surface area contributed by atoms with Crippen molar-refractivity contribution in [2.75, 3.05) is 13.1 Å². The van der Waals surface area contributed by atoms with Gasteiger partial charge in [-0.15, -0.1) is 0 Å². The van der Waals surface area contributed by atoms with E-state index in [-0.39, 0.29) is 12.3 Å². The Labute approximate surface area is 109 Å². The van der Waals surface area contributed by atoms with Crippen molar-refractivity contribution in [2.45, 2.75) is 52.9 Å². The summed E-state index contributed by atoms with van der Waals surface area (Å²) in [5, 5.41) is 9.05. The van der Waals surface area contributed by atoms with Crippen LogP contribution in [0.15, 0.2) is 0 Å². The number of rotatable bonds is 4. The van der Waals surface area contributed by atoms with Gasteiger partial charge >= 0.3 is 5.97 Å². The molecule has 0 spiro atoms. The first kappa shape index (κ1) is 15.0. The highest BCUT2D eigenvalue weighted by Crippen LogP contribution is 2.25. The third-order valence-electron chi connectivity index (χ3n) is 3.95. The lowest BCUT2D eigenvalue weighted by Crippen LogP contribution is -2.37. The van der Waals surface area contributed by atoms with Crippen molar-refractivity contribution in [3.63, 3.8) is 0 Å². The van der Waals surface area contributed by atoms with Gasteiger partial charge in [0, 0.05) is 19.5 Å². The van der Waals surface area contributed by atoms with Gasteiger partial charge in [-0.3, -0.25) is 9.59 Å². The molecule has 0 aromatic carbocycles. The number of hydrogen-bond donors (Lipinski definition) is 1. The summed E-state index contributed by atoms with van der Waals surface area (Å²) in [6.07, 6.45) is 4.54. The number of amides is 1. The Kier molecular flexibility index (Phi) is 5.17. The van der Waals surface area contributed by atoms with Gasteiger partial charge in [0.2, 0.25) is 5.91 Å². The van der Waals surface area contributed by atoms with E-state index in [0.29, 0.717) is 0 Å². The maximum Gasteiger partial charge on any atom is 0.309 e. The Morgan fingerprint density at radius 2 is 1.94 bits per heavy atom. The molecule has 1 saturated heterocycles. The van der Waals surface area contributed by atoms with Crippen LogP contribution in [0, 0.1) is 11.3 Å². The van der Waals surface area contributed by atoms with Crippen LogP contribution < -0.4 is 0 Å². The SMILES string of the molecule is CCC1CCCN(C(=O)CC(C)(C)C(=O)O)CC1. The molecule has 1 heterocycles. The average Bonchev–Trinajstić information content (AvgIpc) is 2.53. The van der Waals surface area contributed by atoms with Gasteiger partial charge in [-0.2, -0.15) is 0 Å². The number of hydrogen-bond acceptors (Lipinski definition) is 2. The molecule has 1 fully saturated rings. The van der Waals surface area contributed by atoms with E-state index in [4.69, 9.17) is 5.11 Å². The third kappa shape index (κ3) is 4.00. The molecule has 0 radical (unpaired) electrons. The monoisotopic (exact) mass is 255 g/mol. The lowest BCUT2D eigenvalue weighted by atomic mass is 9.89. The molecular formula is C14H25NO3. The molecule has 1 N–H and O–H groups in total. The van der Waals surface area contributed by atoms with Gasteiger partial charge in [0.25, 0.3) is 0 Å². The van der Waals surface area contributed by atoms with Crippen LogP contribution in [0.4, 0.5) is 0 Å². The molecule has 0 aliphatic carbocycles. The molecule has 0 aromatic heterocycles. The summed E-state index contributed by atoms with van der Waals surface area (Å²) in [5.41, 5.74) is -0.965. The van der Waals surface area contributed by atoms with Gasteiger partial charge < -0.3 is 10.0 Å². The smallest absolute Gasteiger partial charge is 0.309 e. The number of nitrogens with zero attached hydrogens (tertiary/aromatic N) is 1. The van der Waals surface area contributed by atoms with E-state index in [0.717, 1.165) is 31.8 Å². The van der Waals surface area contributed by atoms with E-state index in [2.05, 4.69) is 6.92 Å². The first-order valence-corrected chi connectivity index (χ1v) is 6.88. The minimum atomic E-state index is -0.965. The van der Waals surface area contributed by atoms with Crippen molar-refractivity contribution in [2.24, 2.45) is 11.3 Å². The molecule has 4 heteroatoms. The lowest BCUT2D eigenvalue weighted by Gasteiger charge is -2.25. The van der Waals surface area contributed by atoms with Gasteiger partial charge in [0.15, 0.2) is 0 Å². The zero-order chi connectivity index (χ0) is 13.8. The van der Waals surface area contributed by atoms with E-state index in [9.17, 15) is 9.59 Å². The van der Waals surface area contributed by atoms with Gasteiger partial charge in [0.05, 0.1) is 5.41 Å². The first-order chi connectivity index (χ1) is 8.36. The highest BCUT2D eigenvalue weighted by Gasteiger charge is 2.32. The molecule has 4 nitrogen and oxygen atoms in total. The average molecular weight is 255 g/mol. The van der Waals surface area contributed by atoms with Crippen LogP contribution in [-0.4, -0.2) is 35.0 Å². The van der Waals surface area contributed by atoms with E-state index in [1.165, 1.54) is 12.8 Å². The third-order valence-corrected chi connectivity index (χ3v) is 3.95. The van der Waals surface area contributed by atoms with Crippen molar-refractivity contribution < 1.29 is 14.7 Å². The molecule has 0 saturated carbocycles.